The van der Waals surface area contributed by atoms with Crippen molar-refractivity contribution in [3.05, 3.63) is 58.9 Å². The summed E-state index contributed by atoms with van der Waals surface area (Å²) in [4.78, 5) is 16.8. The van der Waals surface area contributed by atoms with Crippen molar-refractivity contribution in [3.63, 3.8) is 0 Å². The van der Waals surface area contributed by atoms with Gasteiger partial charge in [-0.25, -0.2) is 4.99 Å². The molecule has 1 aromatic heterocycles. The van der Waals surface area contributed by atoms with Crippen LogP contribution in [0.1, 0.15) is 11.3 Å². The minimum Gasteiger partial charge on any atom is -0.465 e. The average molecular weight is 284 g/mol. The molecule has 0 saturated carbocycles. The van der Waals surface area contributed by atoms with Crippen molar-refractivity contribution in [2.45, 2.75) is 6.92 Å². The summed E-state index contributed by atoms with van der Waals surface area (Å²) in [6, 6.07) is 11.4. The van der Waals surface area contributed by atoms with Gasteiger partial charge in [-0.15, -0.1) is 0 Å². The molecule has 1 aromatic carbocycles. The van der Waals surface area contributed by atoms with Crippen LogP contribution in [0.25, 0.3) is 6.08 Å². The Labute approximate surface area is 120 Å². The summed E-state index contributed by atoms with van der Waals surface area (Å²) in [5, 5.41) is 3.32. The fraction of sp³-hybridized carbons (Fsp3) is 0.0667. The highest BCUT2D eigenvalue weighted by atomic mass is 32.2. The quantitative estimate of drug-likeness (QED) is 0.859. The van der Waals surface area contributed by atoms with Gasteiger partial charge in [-0.2, -0.15) is 0 Å². The van der Waals surface area contributed by atoms with Gasteiger partial charge in [-0.1, -0.05) is 17.7 Å². The van der Waals surface area contributed by atoms with Crippen molar-refractivity contribution in [3.8, 4) is 0 Å². The maximum Gasteiger partial charge on any atom is 0.264 e. The number of carbonyl (C=O) groups excluding carboxylic acids is 1. The minimum absolute atomic E-state index is 0.155. The molecule has 1 N–H and O–H groups in total. The molecule has 4 nitrogen and oxygen atoms in total. The molecule has 2 aromatic rings. The number of hydrogen-bond donors (Lipinski definition) is 1. The highest BCUT2D eigenvalue weighted by molar-refractivity contribution is 8.18. The molecule has 0 unspecified atom stereocenters. The number of aryl methyl sites for hydroxylation is 1. The molecule has 20 heavy (non-hydrogen) atoms. The van der Waals surface area contributed by atoms with Gasteiger partial charge in [0.05, 0.1) is 16.9 Å². The van der Waals surface area contributed by atoms with E-state index in [-0.39, 0.29) is 5.91 Å². The first-order valence-electron chi connectivity index (χ1n) is 6.10. The number of amidine groups is 1. The molecule has 0 bridgehead atoms. The van der Waals surface area contributed by atoms with Gasteiger partial charge in [0.25, 0.3) is 5.91 Å². The van der Waals surface area contributed by atoms with Crippen LogP contribution < -0.4 is 5.32 Å². The Morgan fingerprint density at radius 2 is 2.05 bits per heavy atom. The molecular weight excluding hydrogens is 272 g/mol. The first kappa shape index (κ1) is 12.7. The van der Waals surface area contributed by atoms with E-state index in [0.29, 0.717) is 15.8 Å². The van der Waals surface area contributed by atoms with E-state index in [4.69, 9.17) is 4.42 Å². The topological polar surface area (TPSA) is 54.6 Å². The van der Waals surface area contributed by atoms with E-state index in [9.17, 15) is 4.79 Å². The van der Waals surface area contributed by atoms with Crippen molar-refractivity contribution in [1.82, 2.24) is 5.32 Å². The number of aliphatic imine (C=N–C) groups is 1. The minimum atomic E-state index is -0.155. The molecule has 1 aliphatic rings. The van der Waals surface area contributed by atoms with Crippen molar-refractivity contribution in [2.24, 2.45) is 4.99 Å². The number of nitrogens with one attached hydrogen (secondary N) is 1. The summed E-state index contributed by atoms with van der Waals surface area (Å²) >= 11 is 1.31. The van der Waals surface area contributed by atoms with E-state index in [1.807, 2.05) is 31.2 Å². The monoisotopic (exact) mass is 284 g/mol. The zero-order chi connectivity index (χ0) is 13.9. The third-order valence-corrected chi connectivity index (χ3v) is 3.64. The normalized spacial score (nSPS) is 18.8. The summed E-state index contributed by atoms with van der Waals surface area (Å²) in [6.07, 6.45) is 3.28. The highest BCUT2D eigenvalue weighted by Crippen LogP contribution is 2.28. The van der Waals surface area contributed by atoms with E-state index in [1.54, 1.807) is 24.5 Å². The smallest absolute Gasteiger partial charge is 0.264 e. The van der Waals surface area contributed by atoms with Crippen molar-refractivity contribution < 1.29 is 9.21 Å². The molecule has 1 aliphatic heterocycles. The maximum absolute atomic E-state index is 11.8. The van der Waals surface area contributed by atoms with Gasteiger partial charge < -0.3 is 9.73 Å². The van der Waals surface area contributed by atoms with E-state index >= 15 is 0 Å². The Bertz CT molecular complexity index is 685. The van der Waals surface area contributed by atoms with Gasteiger partial charge in [-0.05, 0) is 43.0 Å². The van der Waals surface area contributed by atoms with Crippen LogP contribution in [0, 0.1) is 6.92 Å². The third kappa shape index (κ3) is 2.83. The van der Waals surface area contributed by atoms with Crippen LogP contribution in [0.4, 0.5) is 5.69 Å². The zero-order valence-electron chi connectivity index (χ0n) is 10.8. The van der Waals surface area contributed by atoms with Crippen LogP contribution in [-0.4, -0.2) is 11.1 Å². The van der Waals surface area contributed by atoms with Gasteiger partial charge in [-0.3, -0.25) is 4.79 Å². The van der Waals surface area contributed by atoms with Crippen LogP contribution in [0.5, 0.6) is 0 Å². The lowest BCUT2D eigenvalue weighted by molar-refractivity contribution is -0.115. The van der Waals surface area contributed by atoms with Crippen molar-refractivity contribution in [1.29, 1.82) is 0 Å². The second kappa shape index (κ2) is 5.38. The van der Waals surface area contributed by atoms with E-state index in [1.165, 1.54) is 17.3 Å². The lowest BCUT2D eigenvalue weighted by atomic mass is 10.2. The molecule has 0 radical (unpaired) electrons. The molecule has 2 heterocycles. The lowest BCUT2D eigenvalue weighted by Crippen LogP contribution is -2.19. The van der Waals surface area contributed by atoms with Gasteiger partial charge >= 0.3 is 0 Å². The molecule has 100 valence electrons. The fourth-order valence-corrected chi connectivity index (χ4v) is 2.54. The first-order chi connectivity index (χ1) is 9.70. The summed E-state index contributed by atoms with van der Waals surface area (Å²) in [6.45, 7) is 2.02. The van der Waals surface area contributed by atoms with E-state index in [0.717, 1.165) is 5.69 Å². The largest absolute Gasteiger partial charge is 0.465 e. The summed E-state index contributed by atoms with van der Waals surface area (Å²) in [5.74, 6) is 0.497. The van der Waals surface area contributed by atoms with Crippen molar-refractivity contribution >= 4 is 34.6 Å². The number of furan rings is 1. The SMILES string of the molecule is Cc1ccc(N=C2NC(=O)/C(=C/c3ccco3)S2)cc1. The van der Waals surface area contributed by atoms with E-state index < -0.39 is 0 Å². The number of rotatable bonds is 2. The molecule has 3 rings (SSSR count). The molecule has 0 spiro atoms. The molecule has 1 fully saturated rings. The van der Waals surface area contributed by atoms with Crippen LogP contribution in [0.2, 0.25) is 0 Å². The number of thioether (sulfide) groups is 1. The van der Waals surface area contributed by atoms with E-state index in [2.05, 4.69) is 10.3 Å². The maximum atomic E-state index is 11.8. The number of amides is 1. The molecular formula is C15H12N2O2S. The number of hydrogen-bond acceptors (Lipinski definition) is 4. The molecule has 1 saturated heterocycles. The van der Waals surface area contributed by atoms with Gasteiger partial charge in [0.1, 0.15) is 5.76 Å². The average Bonchev–Trinajstić information content (AvgIpc) is 3.04. The van der Waals surface area contributed by atoms with Crippen molar-refractivity contribution in [2.75, 3.05) is 0 Å². The Morgan fingerprint density at radius 1 is 1.25 bits per heavy atom. The predicted octanol–water partition coefficient (Wildman–Crippen LogP) is 3.48. The lowest BCUT2D eigenvalue weighted by Gasteiger charge is -1.96. The van der Waals surface area contributed by atoms with Crippen LogP contribution in [0.15, 0.2) is 57.0 Å². The first-order valence-corrected chi connectivity index (χ1v) is 6.92. The molecule has 0 atom stereocenters. The summed E-state index contributed by atoms with van der Waals surface area (Å²) in [5.41, 5.74) is 1.99. The van der Waals surface area contributed by atoms with Crippen LogP contribution >= 0.6 is 11.8 Å². The Morgan fingerprint density at radius 3 is 2.75 bits per heavy atom. The van der Waals surface area contributed by atoms with Crippen LogP contribution in [0.3, 0.4) is 0 Å². The second-order valence-electron chi connectivity index (χ2n) is 4.33. The molecule has 5 heteroatoms. The Kier molecular flexibility index (Phi) is 3.43. The number of carbonyl (C=O) groups is 1. The standard InChI is InChI=1S/C15H12N2O2S/c1-10-4-6-11(7-5-10)16-15-17-14(18)13(20-15)9-12-3-2-8-19-12/h2-9H,1H3,(H,16,17,18)/b13-9-. The highest BCUT2D eigenvalue weighted by Gasteiger charge is 2.24. The predicted molar refractivity (Wildman–Crippen MR) is 80.7 cm³/mol. The molecule has 1 amide bonds. The fourth-order valence-electron chi connectivity index (χ4n) is 1.72. The molecule has 0 aliphatic carbocycles. The van der Waals surface area contributed by atoms with Gasteiger partial charge in [0.15, 0.2) is 5.17 Å². The zero-order valence-corrected chi connectivity index (χ0v) is 11.6. The second-order valence-corrected chi connectivity index (χ2v) is 5.36. The summed E-state index contributed by atoms with van der Waals surface area (Å²) < 4.78 is 5.20. The summed E-state index contributed by atoms with van der Waals surface area (Å²) in [7, 11) is 0. The van der Waals surface area contributed by atoms with Crippen LogP contribution in [-0.2, 0) is 4.79 Å². The number of benzene rings is 1. The Hall–Kier alpha value is -2.27. The van der Waals surface area contributed by atoms with Gasteiger partial charge in [0, 0.05) is 6.08 Å². The number of nitrogens with zero attached hydrogens (tertiary/aromatic N) is 1. The van der Waals surface area contributed by atoms with Gasteiger partial charge in [0.2, 0.25) is 0 Å². The Balaban J connectivity index is 1.81. The third-order valence-electron chi connectivity index (χ3n) is 2.73.